The molecule has 0 aromatic heterocycles. The monoisotopic (exact) mass is 689 g/mol. The third-order valence-electron chi connectivity index (χ3n) is 10.0. The minimum atomic E-state index is -0.382. The number of nitrogens with one attached hydrogen (secondary N) is 1. The smallest absolute Gasteiger partial charge is 0.330 e. The molecule has 4 rings (SSSR count). The van der Waals surface area contributed by atoms with E-state index in [1.54, 1.807) is 31.4 Å². The van der Waals surface area contributed by atoms with Crippen LogP contribution in [0.2, 0.25) is 0 Å². The molecule has 0 aliphatic heterocycles. The molecule has 50 heavy (non-hydrogen) atoms. The first-order valence-electron chi connectivity index (χ1n) is 18.8. The fourth-order valence-electron chi connectivity index (χ4n) is 6.86. The lowest BCUT2D eigenvalue weighted by Crippen LogP contribution is -2.26. The molecule has 0 heterocycles. The van der Waals surface area contributed by atoms with Gasteiger partial charge in [0.05, 0.1) is 26.2 Å². The molecule has 0 bridgehead atoms. The normalized spacial score (nSPS) is 20.0. The molecule has 2 aromatic carbocycles. The number of hydrogen-bond donors (Lipinski definition) is 1. The summed E-state index contributed by atoms with van der Waals surface area (Å²) in [6, 6.07) is 13.4. The standard InChI is InChI=1S/C23H30O6.C19H29NO/c1-2-22(25)28-16-6-4-3-5-15-27-20-11-13-21(14-12-20)29-23(26)19-9-7-18(17-24)8-10-19;1-3-4-5-6-15-7-9-16(10-8-15)17-11-12-19(21-2)18(13-17)14-20/h2,11-14,17-19H,1,3-10,15-16H2;11-16,20H,3-10H2,1-2H3. The second-order valence-electron chi connectivity index (χ2n) is 13.6. The van der Waals surface area contributed by atoms with Gasteiger partial charge in [0.25, 0.3) is 0 Å². The summed E-state index contributed by atoms with van der Waals surface area (Å²) >= 11 is 0. The van der Waals surface area contributed by atoms with Crippen LogP contribution in [0.4, 0.5) is 0 Å². The fraction of sp³-hybridized carbons (Fsp3) is 0.571. The number of carbonyl (C=O) groups excluding carboxylic acids is 3. The van der Waals surface area contributed by atoms with Crippen LogP contribution >= 0.6 is 0 Å². The number of aldehydes is 1. The van der Waals surface area contributed by atoms with Gasteiger partial charge >= 0.3 is 11.9 Å². The summed E-state index contributed by atoms with van der Waals surface area (Å²) in [5.41, 5.74) is 2.29. The lowest BCUT2D eigenvalue weighted by Gasteiger charge is -2.29. The highest BCUT2D eigenvalue weighted by Gasteiger charge is 2.27. The van der Waals surface area contributed by atoms with Gasteiger partial charge in [-0.1, -0.05) is 45.3 Å². The van der Waals surface area contributed by atoms with Gasteiger partial charge in [-0.3, -0.25) is 4.79 Å². The Bertz CT molecular complexity index is 1310. The Labute approximate surface area is 299 Å². The van der Waals surface area contributed by atoms with Crippen LogP contribution in [0.15, 0.2) is 55.1 Å². The van der Waals surface area contributed by atoms with E-state index in [4.69, 9.17) is 24.4 Å². The number of benzene rings is 2. The molecular formula is C42H59NO7. The summed E-state index contributed by atoms with van der Waals surface area (Å²) in [7, 11) is 1.67. The van der Waals surface area contributed by atoms with Crippen LogP contribution in [0.25, 0.3) is 0 Å². The van der Waals surface area contributed by atoms with Gasteiger partial charge in [-0.15, -0.1) is 0 Å². The maximum Gasteiger partial charge on any atom is 0.330 e. The Morgan fingerprint density at radius 2 is 1.52 bits per heavy atom. The molecule has 0 amide bonds. The van der Waals surface area contributed by atoms with Gasteiger partial charge in [-0.2, -0.15) is 0 Å². The van der Waals surface area contributed by atoms with E-state index in [9.17, 15) is 14.4 Å². The summed E-state index contributed by atoms with van der Waals surface area (Å²) in [6.45, 7) is 6.65. The maximum atomic E-state index is 12.2. The third kappa shape index (κ3) is 14.5. The molecule has 0 radical (unpaired) electrons. The number of ether oxygens (including phenoxy) is 4. The quantitative estimate of drug-likeness (QED) is 0.0390. The molecule has 1 N–H and O–H groups in total. The van der Waals surface area contributed by atoms with Gasteiger partial charge < -0.3 is 29.2 Å². The predicted molar refractivity (Wildman–Crippen MR) is 198 cm³/mol. The summed E-state index contributed by atoms with van der Waals surface area (Å²) in [4.78, 5) is 33.9. The lowest BCUT2D eigenvalue weighted by atomic mass is 9.77. The largest absolute Gasteiger partial charge is 0.496 e. The van der Waals surface area contributed by atoms with Gasteiger partial charge in [0.1, 0.15) is 23.5 Å². The van der Waals surface area contributed by atoms with Crippen molar-refractivity contribution in [2.24, 2.45) is 17.8 Å². The number of hydrogen-bond acceptors (Lipinski definition) is 8. The average Bonchev–Trinajstić information content (AvgIpc) is 3.16. The van der Waals surface area contributed by atoms with E-state index < -0.39 is 0 Å². The Morgan fingerprint density at radius 3 is 2.14 bits per heavy atom. The molecule has 2 saturated carbocycles. The molecule has 8 nitrogen and oxygen atoms in total. The molecule has 0 saturated heterocycles. The van der Waals surface area contributed by atoms with E-state index in [1.807, 2.05) is 6.07 Å². The highest BCUT2D eigenvalue weighted by Crippen LogP contribution is 2.38. The number of methoxy groups -OCH3 is 1. The molecule has 2 fully saturated rings. The zero-order chi connectivity index (χ0) is 36.0. The van der Waals surface area contributed by atoms with Crippen molar-refractivity contribution < 1.29 is 33.3 Å². The van der Waals surface area contributed by atoms with Gasteiger partial charge in [0.15, 0.2) is 0 Å². The van der Waals surface area contributed by atoms with Crippen LogP contribution in [0.5, 0.6) is 17.2 Å². The molecule has 2 aromatic rings. The van der Waals surface area contributed by atoms with E-state index >= 15 is 0 Å². The Morgan fingerprint density at radius 1 is 0.840 bits per heavy atom. The highest BCUT2D eigenvalue weighted by atomic mass is 16.5. The molecular weight excluding hydrogens is 630 g/mol. The van der Waals surface area contributed by atoms with Gasteiger partial charge in [-0.05, 0) is 131 Å². The van der Waals surface area contributed by atoms with Gasteiger partial charge in [0, 0.05) is 23.8 Å². The minimum absolute atomic E-state index is 0.0882. The highest BCUT2D eigenvalue weighted by molar-refractivity contribution is 5.82. The zero-order valence-corrected chi connectivity index (χ0v) is 30.4. The SMILES string of the molecule is C=CC(=O)OCCCCCCOc1ccc(OC(=O)C2CCC(C=O)CC2)cc1.CCCCCC1CCC(c2ccc(OC)c(C=N)c2)CC1. The number of carbonyl (C=O) groups is 3. The summed E-state index contributed by atoms with van der Waals surface area (Å²) in [6.07, 6.45) is 21.1. The van der Waals surface area contributed by atoms with Crippen LogP contribution < -0.4 is 14.2 Å². The van der Waals surface area contributed by atoms with E-state index in [-0.39, 0.29) is 23.8 Å². The Kier molecular flexibility index (Phi) is 19.0. The van der Waals surface area contributed by atoms with Crippen molar-refractivity contribution in [3.63, 3.8) is 0 Å². The molecule has 0 unspecified atom stereocenters. The molecule has 0 spiro atoms. The fourth-order valence-corrected chi connectivity index (χ4v) is 6.86. The van der Waals surface area contributed by atoms with Crippen LogP contribution in [-0.4, -0.2) is 44.8 Å². The zero-order valence-electron chi connectivity index (χ0n) is 30.4. The molecule has 2 aliphatic carbocycles. The van der Waals surface area contributed by atoms with Crippen molar-refractivity contribution in [1.29, 1.82) is 5.41 Å². The van der Waals surface area contributed by atoms with Crippen molar-refractivity contribution in [3.05, 3.63) is 66.2 Å². The first-order chi connectivity index (χ1) is 24.4. The van der Waals surface area contributed by atoms with Crippen molar-refractivity contribution in [2.75, 3.05) is 20.3 Å². The first-order valence-corrected chi connectivity index (χ1v) is 18.8. The molecule has 2 aliphatic rings. The van der Waals surface area contributed by atoms with Crippen molar-refractivity contribution in [2.45, 2.75) is 116 Å². The second-order valence-corrected chi connectivity index (χ2v) is 13.6. The van der Waals surface area contributed by atoms with E-state index in [0.717, 1.165) is 67.8 Å². The Balaban J connectivity index is 0.000000284. The first kappa shape index (κ1) is 40.5. The lowest BCUT2D eigenvalue weighted by molar-refractivity contribution is -0.140. The molecule has 0 atom stereocenters. The average molecular weight is 690 g/mol. The summed E-state index contributed by atoms with van der Waals surface area (Å²) < 4.78 is 21.4. The van der Waals surface area contributed by atoms with E-state index in [1.165, 1.54) is 69.2 Å². The van der Waals surface area contributed by atoms with Crippen molar-refractivity contribution in [3.8, 4) is 17.2 Å². The summed E-state index contributed by atoms with van der Waals surface area (Å²) in [5.74, 6) is 3.04. The summed E-state index contributed by atoms with van der Waals surface area (Å²) in [5, 5.41) is 7.52. The van der Waals surface area contributed by atoms with Crippen LogP contribution in [0, 0.1) is 23.2 Å². The number of rotatable bonds is 19. The van der Waals surface area contributed by atoms with E-state index in [2.05, 4.69) is 25.6 Å². The third-order valence-corrected chi connectivity index (χ3v) is 10.0. The van der Waals surface area contributed by atoms with Crippen LogP contribution in [-0.2, 0) is 19.1 Å². The predicted octanol–water partition coefficient (Wildman–Crippen LogP) is 9.81. The van der Waals surface area contributed by atoms with Gasteiger partial charge in [-0.25, -0.2) is 4.79 Å². The van der Waals surface area contributed by atoms with Crippen LogP contribution in [0.1, 0.15) is 127 Å². The second kappa shape index (κ2) is 23.5. The van der Waals surface area contributed by atoms with Crippen LogP contribution in [0.3, 0.4) is 0 Å². The maximum absolute atomic E-state index is 12.2. The minimum Gasteiger partial charge on any atom is -0.496 e. The van der Waals surface area contributed by atoms with Crippen molar-refractivity contribution >= 4 is 24.4 Å². The number of unbranched alkanes of at least 4 members (excludes halogenated alkanes) is 5. The number of esters is 2. The van der Waals surface area contributed by atoms with Gasteiger partial charge in [0.2, 0.25) is 0 Å². The Hall–Kier alpha value is -3.94. The van der Waals surface area contributed by atoms with Crippen molar-refractivity contribution in [1.82, 2.24) is 0 Å². The van der Waals surface area contributed by atoms with E-state index in [0.29, 0.717) is 37.7 Å². The molecule has 8 heteroatoms. The topological polar surface area (TPSA) is 112 Å². The molecule has 274 valence electrons.